The van der Waals surface area contributed by atoms with Gasteiger partial charge in [-0.25, -0.2) is 17.9 Å². The van der Waals surface area contributed by atoms with Crippen LogP contribution in [0.3, 0.4) is 0 Å². The van der Waals surface area contributed by atoms with E-state index in [0.717, 1.165) is 24.9 Å². The highest BCUT2D eigenvalue weighted by Gasteiger charge is 2.16. The molecule has 0 unspecified atom stereocenters. The molecule has 0 spiro atoms. The molecule has 2 aromatic rings. The summed E-state index contributed by atoms with van der Waals surface area (Å²) in [6, 6.07) is 11.5. The molecule has 2 N–H and O–H groups in total. The first-order valence-corrected chi connectivity index (χ1v) is 11.6. The lowest BCUT2D eigenvalue weighted by Crippen LogP contribution is -2.25. The molecule has 8 heteroatoms. The van der Waals surface area contributed by atoms with Crippen LogP contribution in [0.2, 0.25) is 0 Å². The Morgan fingerprint density at radius 2 is 1.77 bits per heavy atom. The maximum atomic E-state index is 12.4. The van der Waals surface area contributed by atoms with Gasteiger partial charge in [0.25, 0.3) is 0 Å². The standard InChI is InChI=1S/C22H26N2O5S/c1-2-29-22(26)17-9-12-20(13-10-17)30(27,28)23-14-4-7-21(25)24-19-11-8-16-5-3-6-18(16)15-19/h8-13,15,23H,2-7,14H2,1H3,(H,24,25). The van der Waals surface area contributed by atoms with Crippen LogP contribution in [0, 0.1) is 0 Å². The highest BCUT2D eigenvalue weighted by Crippen LogP contribution is 2.25. The number of amides is 1. The molecule has 3 rings (SSSR count). The molecule has 2 aromatic carbocycles. The molecule has 0 aromatic heterocycles. The third kappa shape index (κ3) is 5.67. The second-order valence-corrected chi connectivity index (χ2v) is 8.90. The van der Waals surface area contributed by atoms with E-state index in [1.54, 1.807) is 6.92 Å². The van der Waals surface area contributed by atoms with Crippen molar-refractivity contribution in [3.05, 3.63) is 59.2 Å². The van der Waals surface area contributed by atoms with E-state index in [-0.39, 0.29) is 30.4 Å². The van der Waals surface area contributed by atoms with Crippen molar-refractivity contribution in [1.82, 2.24) is 4.72 Å². The van der Waals surface area contributed by atoms with E-state index < -0.39 is 16.0 Å². The Balaban J connectivity index is 1.45. The molecule has 0 bridgehead atoms. The predicted octanol–water partition coefficient (Wildman–Crippen LogP) is 3.05. The smallest absolute Gasteiger partial charge is 0.338 e. The summed E-state index contributed by atoms with van der Waals surface area (Å²) >= 11 is 0. The molecule has 0 heterocycles. The Labute approximate surface area is 176 Å². The Bertz CT molecular complexity index is 1020. The van der Waals surface area contributed by atoms with Crippen molar-refractivity contribution in [2.24, 2.45) is 0 Å². The fourth-order valence-electron chi connectivity index (χ4n) is 3.40. The SMILES string of the molecule is CCOC(=O)c1ccc(S(=O)(=O)NCCCC(=O)Nc2ccc3c(c2)CCC3)cc1. The summed E-state index contributed by atoms with van der Waals surface area (Å²) in [6.45, 7) is 2.09. The van der Waals surface area contributed by atoms with Crippen molar-refractivity contribution in [2.75, 3.05) is 18.5 Å². The molecular weight excluding hydrogens is 404 g/mol. The maximum Gasteiger partial charge on any atom is 0.338 e. The van der Waals surface area contributed by atoms with E-state index in [1.807, 2.05) is 12.1 Å². The van der Waals surface area contributed by atoms with Crippen LogP contribution >= 0.6 is 0 Å². The minimum absolute atomic E-state index is 0.0538. The molecule has 160 valence electrons. The van der Waals surface area contributed by atoms with E-state index in [4.69, 9.17) is 4.74 Å². The van der Waals surface area contributed by atoms with Gasteiger partial charge < -0.3 is 10.1 Å². The number of rotatable bonds is 9. The van der Waals surface area contributed by atoms with E-state index in [9.17, 15) is 18.0 Å². The normalized spacial score (nSPS) is 13.0. The molecule has 0 saturated carbocycles. The molecule has 0 fully saturated rings. The van der Waals surface area contributed by atoms with Crippen molar-refractivity contribution in [3.63, 3.8) is 0 Å². The molecule has 1 aliphatic carbocycles. The molecule has 7 nitrogen and oxygen atoms in total. The van der Waals surface area contributed by atoms with E-state index in [2.05, 4.69) is 16.1 Å². The van der Waals surface area contributed by atoms with Crippen LogP contribution in [-0.2, 0) is 32.4 Å². The van der Waals surface area contributed by atoms with Gasteiger partial charge in [-0.1, -0.05) is 6.07 Å². The Morgan fingerprint density at radius 3 is 2.50 bits per heavy atom. The number of aryl methyl sites for hydroxylation is 2. The first-order valence-electron chi connectivity index (χ1n) is 10.1. The van der Waals surface area contributed by atoms with Crippen LogP contribution in [0.1, 0.15) is 47.7 Å². The first-order chi connectivity index (χ1) is 14.4. The van der Waals surface area contributed by atoms with Crippen molar-refractivity contribution >= 4 is 27.6 Å². The number of carbonyl (C=O) groups is 2. The Morgan fingerprint density at radius 1 is 1.03 bits per heavy atom. The van der Waals surface area contributed by atoms with Gasteiger partial charge in [-0.05, 0) is 80.1 Å². The van der Waals surface area contributed by atoms with Gasteiger partial charge in [0.1, 0.15) is 0 Å². The number of nitrogens with one attached hydrogen (secondary N) is 2. The molecule has 0 saturated heterocycles. The van der Waals surface area contributed by atoms with Gasteiger partial charge in [0.05, 0.1) is 17.1 Å². The number of anilines is 1. The summed E-state index contributed by atoms with van der Waals surface area (Å²) in [6.07, 6.45) is 3.87. The lowest BCUT2D eigenvalue weighted by atomic mass is 10.1. The molecule has 30 heavy (non-hydrogen) atoms. The lowest BCUT2D eigenvalue weighted by Gasteiger charge is -2.09. The van der Waals surface area contributed by atoms with E-state index >= 15 is 0 Å². The van der Waals surface area contributed by atoms with Gasteiger partial charge in [0.2, 0.25) is 15.9 Å². The molecule has 0 atom stereocenters. The van der Waals surface area contributed by atoms with Crippen molar-refractivity contribution in [3.8, 4) is 0 Å². The summed E-state index contributed by atoms with van der Waals surface area (Å²) in [5.74, 6) is -0.644. The van der Waals surface area contributed by atoms with Crippen LogP contribution < -0.4 is 10.0 Å². The fourth-order valence-corrected chi connectivity index (χ4v) is 4.47. The van der Waals surface area contributed by atoms with Crippen molar-refractivity contribution in [1.29, 1.82) is 0 Å². The quantitative estimate of drug-likeness (QED) is 0.470. The molecule has 0 radical (unpaired) electrons. The lowest BCUT2D eigenvalue weighted by molar-refractivity contribution is -0.116. The third-order valence-corrected chi connectivity index (χ3v) is 6.41. The Hall–Kier alpha value is -2.71. The second-order valence-electron chi connectivity index (χ2n) is 7.13. The monoisotopic (exact) mass is 430 g/mol. The molecule has 1 amide bonds. The highest BCUT2D eigenvalue weighted by molar-refractivity contribution is 7.89. The molecule has 1 aliphatic rings. The van der Waals surface area contributed by atoms with Crippen LogP contribution in [0.25, 0.3) is 0 Å². The van der Waals surface area contributed by atoms with Crippen LogP contribution in [-0.4, -0.2) is 33.4 Å². The fraction of sp³-hybridized carbons (Fsp3) is 0.364. The number of hydrogen-bond donors (Lipinski definition) is 2. The zero-order chi connectivity index (χ0) is 21.6. The minimum Gasteiger partial charge on any atom is -0.462 e. The zero-order valence-corrected chi connectivity index (χ0v) is 17.8. The van der Waals surface area contributed by atoms with Crippen LogP contribution in [0.4, 0.5) is 5.69 Å². The number of carbonyl (C=O) groups excluding carboxylic acids is 2. The van der Waals surface area contributed by atoms with Gasteiger partial charge in [0, 0.05) is 18.7 Å². The third-order valence-electron chi connectivity index (χ3n) is 4.93. The number of hydrogen-bond acceptors (Lipinski definition) is 5. The van der Waals surface area contributed by atoms with Crippen molar-refractivity contribution in [2.45, 2.75) is 43.9 Å². The number of esters is 1. The summed E-state index contributed by atoms with van der Waals surface area (Å²) in [5.41, 5.74) is 3.70. The predicted molar refractivity (Wildman–Crippen MR) is 114 cm³/mol. The Kier molecular flexibility index (Phi) is 7.23. The average Bonchev–Trinajstić information content (AvgIpc) is 3.19. The van der Waals surface area contributed by atoms with Crippen molar-refractivity contribution < 1.29 is 22.7 Å². The number of benzene rings is 2. The van der Waals surface area contributed by atoms with Crippen LogP contribution in [0.15, 0.2) is 47.4 Å². The van der Waals surface area contributed by atoms with Gasteiger partial charge in [-0.3, -0.25) is 4.79 Å². The number of sulfonamides is 1. The summed E-state index contributed by atoms with van der Waals surface area (Å²) < 4.78 is 32.1. The maximum absolute atomic E-state index is 12.4. The molecule has 0 aliphatic heterocycles. The molecular formula is C22H26N2O5S. The summed E-state index contributed by atoms with van der Waals surface area (Å²) in [5, 5.41) is 2.87. The number of fused-ring (bicyclic) bond motifs is 1. The topological polar surface area (TPSA) is 102 Å². The number of ether oxygens (including phenoxy) is 1. The van der Waals surface area contributed by atoms with Gasteiger partial charge in [-0.15, -0.1) is 0 Å². The highest BCUT2D eigenvalue weighted by atomic mass is 32.2. The summed E-state index contributed by atoms with van der Waals surface area (Å²) in [7, 11) is -3.71. The van der Waals surface area contributed by atoms with E-state index in [1.165, 1.54) is 35.4 Å². The van der Waals surface area contributed by atoms with Gasteiger partial charge in [0.15, 0.2) is 0 Å². The minimum atomic E-state index is -3.71. The zero-order valence-electron chi connectivity index (χ0n) is 16.9. The van der Waals surface area contributed by atoms with E-state index in [0.29, 0.717) is 12.0 Å². The summed E-state index contributed by atoms with van der Waals surface area (Å²) in [4.78, 5) is 23.8. The first kappa shape index (κ1) is 22.0. The second kappa shape index (κ2) is 9.86. The van der Waals surface area contributed by atoms with Gasteiger partial charge >= 0.3 is 5.97 Å². The largest absolute Gasteiger partial charge is 0.462 e. The average molecular weight is 431 g/mol. The van der Waals surface area contributed by atoms with Crippen LogP contribution in [0.5, 0.6) is 0 Å². The van der Waals surface area contributed by atoms with Gasteiger partial charge in [-0.2, -0.15) is 0 Å².